The van der Waals surface area contributed by atoms with Gasteiger partial charge in [-0.1, -0.05) is 30.3 Å². The van der Waals surface area contributed by atoms with E-state index in [4.69, 9.17) is 16.3 Å². The van der Waals surface area contributed by atoms with Crippen LogP contribution in [-0.2, 0) is 11.3 Å². The molecule has 1 aromatic carbocycles. The molecule has 3 nitrogen and oxygen atoms in total. The van der Waals surface area contributed by atoms with Crippen molar-refractivity contribution in [1.82, 2.24) is 4.90 Å². The molecule has 1 aromatic rings. The van der Waals surface area contributed by atoms with Crippen LogP contribution in [0, 0.1) is 0 Å². The Labute approximate surface area is 118 Å². The molecule has 0 radical (unpaired) electrons. The first-order valence-electron chi connectivity index (χ1n) is 6.88. The van der Waals surface area contributed by atoms with Crippen molar-refractivity contribution in [3.8, 4) is 0 Å². The molecule has 2 aliphatic rings. The van der Waals surface area contributed by atoms with Crippen LogP contribution in [0.3, 0.4) is 0 Å². The molecule has 0 N–H and O–H groups in total. The number of fused-ring (bicyclic) bond motifs is 2. The lowest BCUT2D eigenvalue weighted by atomic mass is 9.99. The Bertz CT molecular complexity index is 437. The highest BCUT2D eigenvalue weighted by atomic mass is 35.5. The molecule has 0 saturated carbocycles. The predicted molar refractivity (Wildman–Crippen MR) is 74.2 cm³/mol. The summed E-state index contributed by atoms with van der Waals surface area (Å²) in [5.74, 6) is 0. The molecule has 2 heterocycles. The maximum atomic E-state index is 10.8. The van der Waals surface area contributed by atoms with Crippen LogP contribution in [0.15, 0.2) is 30.3 Å². The van der Waals surface area contributed by atoms with Crippen LogP contribution in [0.2, 0.25) is 0 Å². The highest BCUT2D eigenvalue weighted by Crippen LogP contribution is 2.38. The minimum atomic E-state index is -0.666. The first-order chi connectivity index (χ1) is 9.22. The number of ether oxygens (including phenoxy) is 1. The van der Waals surface area contributed by atoms with Gasteiger partial charge in [0.1, 0.15) is 6.10 Å². The number of carbonyl (C=O) groups excluding carboxylic acids is 1. The van der Waals surface area contributed by atoms with E-state index >= 15 is 0 Å². The average Bonchev–Trinajstić information content (AvgIpc) is 2.62. The molecule has 0 aliphatic carbocycles. The highest BCUT2D eigenvalue weighted by Gasteiger charge is 2.41. The number of benzene rings is 1. The standard InChI is InChI=1S/C15H18ClNO2/c16-15(18)19-14-8-12-6-7-13(9-14)17(12)10-11-4-2-1-3-5-11/h1-5,12-14H,6-10H2/t12-,13+,14+. The second-order valence-corrected chi connectivity index (χ2v) is 5.80. The first-order valence-corrected chi connectivity index (χ1v) is 7.26. The molecule has 0 spiro atoms. The second kappa shape index (κ2) is 5.51. The molecule has 2 fully saturated rings. The van der Waals surface area contributed by atoms with Gasteiger partial charge in [0, 0.05) is 43.1 Å². The molecule has 19 heavy (non-hydrogen) atoms. The smallest absolute Gasteiger partial charge is 0.404 e. The molecule has 3 rings (SSSR count). The van der Waals surface area contributed by atoms with E-state index in [0.29, 0.717) is 12.1 Å². The molecule has 102 valence electrons. The normalized spacial score (nSPS) is 30.3. The van der Waals surface area contributed by atoms with Crippen LogP contribution in [0.25, 0.3) is 0 Å². The second-order valence-electron chi connectivity index (χ2n) is 5.49. The quantitative estimate of drug-likeness (QED) is 0.793. The fraction of sp³-hybridized carbons (Fsp3) is 0.533. The Morgan fingerprint density at radius 2 is 1.84 bits per heavy atom. The van der Waals surface area contributed by atoms with E-state index in [1.807, 2.05) is 6.07 Å². The van der Waals surface area contributed by atoms with Crippen LogP contribution >= 0.6 is 11.6 Å². The molecular formula is C15H18ClNO2. The van der Waals surface area contributed by atoms with Crippen molar-refractivity contribution in [1.29, 1.82) is 0 Å². The number of piperidine rings is 1. The maximum Gasteiger partial charge on any atom is 0.404 e. The zero-order chi connectivity index (χ0) is 13.2. The lowest BCUT2D eigenvalue weighted by Gasteiger charge is -2.38. The number of carbonyl (C=O) groups is 1. The lowest BCUT2D eigenvalue weighted by molar-refractivity contribution is 0.0240. The third-order valence-corrected chi connectivity index (χ3v) is 4.40. The summed E-state index contributed by atoms with van der Waals surface area (Å²) >= 11 is 5.32. The van der Waals surface area contributed by atoms with Crippen molar-refractivity contribution < 1.29 is 9.53 Å². The van der Waals surface area contributed by atoms with Crippen LogP contribution in [0.1, 0.15) is 31.2 Å². The van der Waals surface area contributed by atoms with Crippen molar-refractivity contribution in [3.05, 3.63) is 35.9 Å². The van der Waals surface area contributed by atoms with Crippen molar-refractivity contribution >= 4 is 17.0 Å². The maximum absolute atomic E-state index is 10.8. The van der Waals surface area contributed by atoms with Gasteiger partial charge in [0.2, 0.25) is 0 Å². The zero-order valence-corrected chi connectivity index (χ0v) is 11.6. The SMILES string of the molecule is O=C(Cl)O[C@H]1C[C@H]2CC[C@@H](C1)N2Cc1ccccc1. The van der Waals surface area contributed by atoms with Crippen molar-refractivity contribution in [2.75, 3.05) is 0 Å². The average molecular weight is 280 g/mol. The van der Waals surface area contributed by atoms with E-state index in [9.17, 15) is 4.79 Å². The third-order valence-electron chi connectivity index (χ3n) is 4.31. The molecule has 2 bridgehead atoms. The van der Waals surface area contributed by atoms with Gasteiger partial charge in [0.15, 0.2) is 0 Å². The molecule has 2 aliphatic heterocycles. The summed E-state index contributed by atoms with van der Waals surface area (Å²) in [6.45, 7) is 0.998. The highest BCUT2D eigenvalue weighted by molar-refractivity contribution is 6.61. The van der Waals surface area contributed by atoms with E-state index in [1.165, 1.54) is 18.4 Å². The largest absolute Gasteiger partial charge is 0.450 e. The monoisotopic (exact) mass is 279 g/mol. The predicted octanol–water partition coefficient (Wildman–Crippen LogP) is 3.56. The van der Waals surface area contributed by atoms with Gasteiger partial charge in [0.25, 0.3) is 0 Å². The van der Waals surface area contributed by atoms with Gasteiger partial charge < -0.3 is 4.74 Å². The number of nitrogens with zero attached hydrogens (tertiary/aromatic N) is 1. The number of halogens is 1. The van der Waals surface area contributed by atoms with Crippen molar-refractivity contribution in [2.24, 2.45) is 0 Å². The lowest BCUT2D eigenvalue weighted by Crippen LogP contribution is -2.45. The van der Waals surface area contributed by atoms with Crippen molar-refractivity contribution in [3.63, 3.8) is 0 Å². The third kappa shape index (κ3) is 2.93. The Hall–Kier alpha value is -1.06. The fourth-order valence-electron chi connectivity index (χ4n) is 3.50. The zero-order valence-electron chi connectivity index (χ0n) is 10.8. The molecule has 2 saturated heterocycles. The molecular weight excluding hydrogens is 262 g/mol. The Morgan fingerprint density at radius 3 is 2.42 bits per heavy atom. The topological polar surface area (TPSA) is 29.5 Å². The molecule has 0 aromatic heterocycles. The Morgan fingerprint density at radius 1 is 1.21 bits per heavy atom. The molecule has 0 amide bonds. The minimum absolute atomic E-state index is 0.00882. The van der Waals surface area contributed by atoms with E-state index in [0.717, 1.165) is 19.4 Å². The first kappa shape index (κ1) is 12.9. The van der Waals surface area contributed by atoms with Gasteiger partial charge in [0.05, 0.1) is 0 Å². The summed E-state index contributed by atoms with van der Waals surface area (Å²) in [5.41, 5.74) is 0.688. The van der Waals surface area contributed by atoms with Gasteiger partial charge in [-0.3, -0.25) is 4.90 Å². The van der Waals surface area contributed by atoms with E-state index < -0.39 is 5.43 Å². The summed E-state index contributed by atoms with van der Waals surface area (Å²) < 4.78 is 5.17. The van der Waals surface area contributed by atoms with Crippen LogP contribution in [0.4, 0.5) is 4.79 Å². The van der Waals surface area contributed by atoms with Gasteiger partial charge in [-0.05, 0) is 18.4 Å². The van der Waals surface area contributed by atoms with Gasteiger partial charge in [-0.15, -0.1) is 0 Å². The van der Waals surface area contributed by atoms with E-state index in [-0.39, 0.29) is 6.10 Å². The van der Waals surface area contributed by atoms with Crippen LogP contribution in [-0.4, -0.2) is 28.5 Å². The summed E-state index contributed by atoms with van der Waals surface area (Å²) in [5, 5.41) is 0. The number of rotatable bonds is 3. The summed E-state index contributed by atoms with van der Waals surface area (Å²) in [6.07, 6.45) is 4.25. The minimum Gasteiger partial charge on any atom is -0.450 e. The molecule has 0 unspecified atom stereocenters. The summed E-state index contributed by atoms with van der Waals surface area (Å²) in [7, 11) is 0. The van der Waals surface area contributed by atoms with E-state index in [1.54, 1.807) is 0 Å². The molecule has 4 heteroatoms. The van der Waals surface area contributed by atoms with Gasteiger partial charge in [-0.2, -0.15) is 0 Å². The Balaban J connectivity index is 1.65. The number of hydrogen-bond acceptors (Lipinski definition) is 3. The van der Waals surface area contributed by atoms with E-state index in [2.05, 4.69) is 29.2 Å². The Kier molecular flexibility index (Phi) is 3.76. The fourth-order valence-corrected chi connectivity index (χ4v) is 3.63. The van der Waals surface area contributed by atoms with Crippen LogP contribution in [0.5, 0.6) is 0 Å². The van der Waals surface area contributed by atoms with Gasteiger partial charge in [-0.25, -0.2) is 4.79 Å². The number of hydrogen-bond donors (Lipinski definition) is 0. The van der Waals surface area contributed by atoms with Crippen LogP contribution < -0.4 is 0 Å². The van der Waals surface area contributed by atoms with Gasteiger partial charge >= 0.3 is 5.43 Å². The molecule has 3 atom stereocenters. The summed E-state index contributed by atoms with van der Waals surface area (Å²) in [4.78, 5) is 13.4. The van der Waals surface area contributed by atoms with Crippen molar-refractivity contribution in [2.45, 2.75) is 50.4 Å². The summed E-state index contributed by atoms with van der Waals surface area (Å²) in [6, 6.07) is 11.6.